The molecule has 2 N–H and O–H groups in total. The Balaban J connectivity index is 1.74. The van der Waals surface area contributed by atoms with E-state index in [1.54, 1.807) is 18.3 Å². The molecule has 0 atom stereocenters. The van der Waals surface area contributed by atoms with Gasteiger partial charge in [0.25, 0.3) is 0 Å². The quantitative estimate of drug-likeness (QED) is 0.692. The molecule has 0 spiro atoms. The minimum atomic E-state index is -1.02. The number of hydrogen-bond donors (Lipinski definition) is 2. The van der Waals surface area contributed by atoms with Gasteiger partial charge in [0, 0.05) is 18.3 Å². The van der Waals surface area contributed by atoms with Crippen LogP contribution in [0.1, 0.15) is 21.5 Å². The first kappa shape index (κ1) is 17.5. The van der Waals surface area contributed by atoms with Gasteiger partial charge in [-0.15, -0.1) is 0 Å². The van der Waals surface area contributed by atoms with Crippen molar-refractivity contribution in [3.05, 3.63) is 77.5 Å². The number of pyridine rings is 1. The van der Waals surface area contributed by atoms with Crippen molar-refractivity contribution < 1.29 is 14.6 Å². The molecule has 0 saturated heterocycles. The predicted molar refractivity (Wildman–Crippen MR) is 102 cm³/mol. The van der Waals surface area contributed by atoms with Crippen LogP contribution in [0.3, 0.4) is 0 Å². The number of anilines is 1. The number of carbonyl (C=O) groups is 1. The van der Waals surface area contributed by atoms with Gasteiger partial charge >= 0.3 is 5.97 Å². The maximum absolute atomic E-state index is 11.4. The van der Waals surface area contributed by atoms with E-state index in [4.69, 9.17) is 4.74 Å². The van der Waals surface area contributed by atoms with Crippen LogP contribution in [0, 0.1) is 6.92 Å². The molecule has 2 aromatic carbocycles. The Labute approximate surface area is 152 Å². The molecule has 0 aliphatic carbocycles. The number of hydrogen-bond acceptors (Lipinski definition) is 4. The lowest BCUT2D eigenvalue weighted by molar-refractivity contribution is 0.0693. The molecular weight excluding hydrogens is 328 g/mol. The van der Waals surface area contributed by atoms with E-state index < -0.39 is 5.97 Å². The monoisotopic (exact) mass is 348 g/mol. The second-order valence-electron chi connectivity index (χ2n) is 5.99. The summed E-state index contributed by atoms with van der Waals surface area (Å²) in [6, 6.07) is 17.2. The van der Waals surface area contributed by atoms with E-state index in [0.717, 1.165) is 16.9 Å². The zero-order valence-electron chi connectivity index (χ0n) is 14.7. The van der Waals surface area contributed by atoms with Gasteiger partial charge in [0.1, 0.15) is 17.1 Å². The third kappa shape index (κ3) is 4.00. The van der Waals surface area contributed by atoms with E-state index in [0.29, 0.717) is 12.3 Å². The smallest absolute Gasteiger partial charge is 0.339 e. The Kier molecular flexibility index (Phi) is 5.17. The van der Waals surface area contributed by atoms with E-state index in [9.17, 15) is 9.90 Å². The van der Waals surface area contributed by atoms with Gasteiger partial charge in [0.2, 0.25) is 0 Å². The number of aromatic nitrogens is 1. The van der Waals surface area contributed by atoms with Gasteiger partial charge in [-0.05, 0) is 42.3 Å². The number of benzene rings is 2. The van der Waals surface area contributed by atoms with Crippen molar-refractivity contribution >= 4 is 11.8 Å². The summed E-state index contributed by atoms with van der Waals surface area (Å²) in [6.45, 7) is 2.75. The lowest BCUT2D eigenvalue weighted by Gasteiger charge is -2.09. The number of methoxy groups -OCH3 is 1. The normalized spacial score (nSPS) is 10.4. The fourth-order valence-electron chi connectivity index (χ4n) is 2.62. The van der Waals surface area contributed by atoms with Crippen LogP contribution in [0.2, 0.25) is 0 Å². The number of aryl methyl sites for hydroxylation is 1. The molecule has 0 unspecified atom stereocenters. The van der Waals surface area contributed by atoms with Crippen molar-refractivity contribution in [3.8, 4) is 16.9 Å². The minimum absolute atomic E-state index is 0.131. The van der Waals surface area contributed by atoms with Gasteiger partial charge in [-0.3, -0.25) is 0 Å². The van der Waals surface area contributed by atoms with Crippen molar-refractivity contribution in [1.82, 2.24) is 4.98 Å². The van der Waals surface area contributed by atoms with Gasteiger partial charge in [-0.25, -0.2) is 9.78 Å². The molecule has 0 fully saturated rings. The van der Waals surface area contributed by atoms with Gasteiger partial charge in [-0.2, -0.15) is 0 Å². The number of carboxylic acid groups (broad SMARTS) is 1. The molecule has 26 heavy (non-hydrogen) atoms. The number of rotatable bonds is 6. The van der Waals surface area contributed by atoms with E-state index in [2.05, 4.69) is 41.5 Å². The topological polar surface area (TPSA) is 71.5 Å². The Bertz CT molecular complexity index is 904. The van der Waals surface area contributed by atoms with E-state index in [-0.39, 0.29) is 5.56 Å². The SMILES string of the molecule is COc1ccc(-c2ccc(NCc3ccc(C)cc3)nc2)cc1C(=O)O. The molecule has 5 heteroatoms. The standard InChI is InChI=1S/C21H20N2O3/c1-14-3-5-15(6-4-14)12-22-20-10-8-17(13-23-20)16-7-9-19(26-2)18(11-16)21(24)25/h3-11,13H,12H2,1-2H3,(H,22,23)(H,24,25). The van der Waals surface area contributed by atoms with Crippen molar-refractivity contribution in [1.29, 1.82) is 0 Å². The molecule has 3 rings (SSSR count). The minimum Gasteiger partial charge on any atom is -0.496 e. The summed E-state index contributed by atoms with van der Waals surface area (Å²) in [5, 5.41) is 12.6. The highest BCUT2D eigenvalue weighted by Crippen LogP contribution is 2.27. The third-order valence-corrected chi connectivity index (χ3v) is 4.12. The molecule has 0 aliphatic heterocycles. The first-order chi connectivity index (χ1) is 12.6. The van der Waals surface area contributed by atoms with Crippen LogP contribution < -0.4 is 10.1 Å². The molecular formula is C21H20N2O3. The highest BCUT2D eigenvalue weighted by molar-refractivity contribution is 5.92. The van der Waals surface area contributed by atoms with Crippen LogP contribution in [0.25, 0.3) is 11.1 Å². The Hall–Kier alpha value is -3.34. The van der Waals surface area contributed by atoms with Crippen LogP contribution in [0.5, 0.6) is 5.75 Å². The van der Waals surface area contributed by atoms with Crippen molar-refractivity contribution in [3.63, 3.8) is 0 Å². The zero-order chi connectivity index (χ0) is 18.5. The molecule has 3 aromatic rings. The highest BCUT2D eigenvalue weighted by Gasteiger charge is 2.12. The molecule has 0 bridgehead atoms. The van der Waals surface area contributed by atoms with E-state index >= 15 is 0 Å². The lowest BCUT2D eigenvalue weighted by Crippen LogP contribution is -2.02. The molecule has 132 valence electrons. The maximum Gasteiger partial charge on any atom is 0.339 e. The summed E-state index contributed by atoms with van der Waals surface area (Å²) >= 11 is 0. The van der Waals surface area contributed by atoms with Gasteiger partial charge in [0.15, 0.2) is 0 Å². The number of ether oxygens (including phenoxy) is 1. The molecule has 0 amide bonds. The van der Waals surface area contributed by atoms with Gasteiger partial charge in [0.05, 0.1) is 7.11 Å². The van der Waals surface area contributed by atoms with Crippen LogP contribution in [-0.2, 0) is 6.54 Å². The number of nitrogens with zero attached hydrogens (tertiary/aromatic N) is 1. The fourth-order valence-corrected chi connectivity index (χ4v) is 2.62. The molecule has 1 aromatic heterocycles. The van der Waals surface area contributed by atoms with Crippen LogP contribution in [0.4, 0.5) is 5.82 Å². The Morgan fingerprint density at radius 2 is 1.81 bits per heavy atom. The Morgan fingerprint density at radius 3 is 2.42 bits per heavy atom. The van der Waals surface area contributed by atoms with E-state index in [1.165, 1.54) is 18.2 Å². The molecule has 0 aliphatic rings. The second kappa shape index (κ2) is 7.70. The number of carboxylic acids is 1. The first-order valence-electron chi connectivity index (χ1n) is 8.24. The molecule has 5 nitrogen and oxygen atoms in total. The molecule has 0 saturated carbocycles. The highest BCUT2D eigenvalue weighted by atomic mass is 16.5. The predicted octanol–water partition coefficient (Wildman–Crippen LogP) is 4.38. The van der Waals surface area contributed by atoms with Crippen LogP contribution in [0.15, 0.2) is 60.8 Å². The number of aromatic carboxylic acids is 1. The summed E-state index contributed by atoms with van der Waals surface area (Å²) in [5.74, 6) is 0.0833. The second-order valence-corrected chi connectivity index (χ2v) is 5.99. The zero-order valence-corrected chi connectivity index (χ0v) is 14.7. The molecule has 1 heterocycles. The third-order valence-electron chi connectivity index (χ3n) is 4.12. The molecule has 0 radical (unpaired) electrons. The van der Waals surface area contributed by atoms with Crippen LogP contribution >= 0.6 is 0 Å². The summed E-state index contributed by atoms with van der Waals surface area (Å²) in [6.07, 6.45) is 1.73. The summed E-state index contributed by atoms with van der Waals surface area (Å²) < 4.78 is 5.09. The summed E-state index contributed by atoms with van der Waals surface area (Å²) in [7, 11) is 1.46. The average Bonchev–Trinajstić information content (AvgIpc) is 2.67. The van der Waals surface area contributed by atoms with Crippen LogP contribution in [-0.4, -0.2) is 23.2 Å². The number of nitrogens with one attached hydrogen (secondary N) is 1. The average molecular weight is 348 g/mol. The van der Waals surface area contributed by atoms with Crippen molar-refractivity contribution in [2.45, 2.75) is 13.5 Å². The summed E-state index contributed by atoms with van der Waals surface area (Å²) in [4.78, 5) is 15.8. The van der Waals surface area contributed by atoms with Crippen molar-refractivity contribution in [2.75, 3.05) is 12.4 Å². The van der Waals surface area contributed by atoms with Gasteiger partial charge < -0.3 is 15.2 Å². The Morgan fingerprint density at radius 1 is 1.08 bits per heavy atom. The largest absolute Gasteiger partial charge is 0.496 e. The van der Waals surface area contributed by atoms with E-state index in [1.807, 2.05) is 18.2 Å². The first-order valence-corrected chi connectivity index (χ1v) is 8.24. The fraction of sp³-hybridized carbons (Fsp3) is 0.143. The van der Waals surface area contributed by atoms with Crippen molar-refractivity contribution in [2.24, 2.45) is 0 Å². The van der Waals surface area contributed by atoms with Gasteiger partial charge in [-0.1, -0.05) is 35.9 Å². The summed E-state index contributed by atoms with van der Waals surface area (Å²) in [5.41, 5.74) is 4.17. The lowest BCUT2D eigenvalue weighted by atomic mass is 10.0. The maximum atomic E-state index is 11.4.